The molecule has 2 heterocycles. The van der Waals surface area contributed by atoms with Gasteiger partial charge in [0, 0.05) is 35.8 Å². The van der Waals surface area contributed by atoms with Gasteiger partial charge in [0.1, 0.15) is 5.58 Å². The summed E-state index contributed by atoms with van der Waals surface area (Å²) in [5.74, 6) is 0.0330. The van der Waals surface area contributed by atoms with Gasteiger partial charge in [-0.2, -0.15) is 0 Å². The fourth-order valence-electron chi connectivity index (χ4n) is 3.38. The minimum atomic E-state index is 0.0330. The second-order valence-electron chi connectivity index (χ2n) is 6.71. The summed E-state index contributed by atoms with van der Waals surface area (Å²) in [5, 5.41) is 5.28. The molecule has 1 N–H and O–H groups in total. The van der Waals surface area contributed by atoms with Crippen LogP contribution in [0.3, 0.4) is 0 Å². The number of carbonyl (C=O) groups excluding carboxylic acids is 1. The molecule has 132 valence electrons. The van der Waals surface area contributed by atoms with Crippen LogP contribution in [-0.2, 0) is 17.8 Å². The standard InChI is InChI=1S/C22H22N2O2/c1-16-7-8-19-18(15-26-21(19)13-16)14-22(25)23-10-4-11-24-12-9-17-5-2-3-6-20(17)24/h2-3,5-9,12-13,15H,4,10-11,14H2,1H3,(H,23,25). The van der Waals surface area contributed by atoms with Gasteiger partial charge in [-0.3, -0.25) is 4.79 Å². The average Bonchev–Trinajstić information content (AvgIpc) is 3.23. The minimum absolute atomic E-state index is 0.0330. The lowest BCUT2D eigenvalue weighted by Gasteiger charge is -2.07. The molecular weight excluding hydrogens is 324 g/mol. The molecule has 0 aliphatic rings. The van der Waals surface area contributed by atoms with Gasteiger partial charge in [0.05, 0.1) is 12.7 Å². The van der Waals surface area contributed by atoms with E-state index < -0.39 is 0 Å². The van der Waals surface area contributed by atoms with E-state index in [0.717, 1.165) is 35.1 Å². The molecule has 4 rings (SSSR count). The minimum Gasteiger partial charge on any atom is -0.464 e. The summed E-state index contributed by atoms with van der Waals surface area (Å²) in [6, 6.07) is 16.5. The normalized spacial score (nSPS) is 11.3. The Morgan fingerprint density at radius 2 is 2.04 bits per heavy atom. The van der Waals surface area contributed by atoms with Crippen molar-refractivity contribution in [1.29, 1.82) is 0 Å². The number of para-hydroxylation sites is 1. The van der Waals surface area contributed by atoms with Gasteiger partial charge in [0.25, 0.3) is 0 Å². The van der Waals surface area contributed by atoms with E-state index in [1.165, 1.54) is 10.9 Å². The molecule has 2 aromatic carbocycles. The molecule has 26 heavy (non-hydrogen) atoms. The maximum Gasteiger partial charge on any atom is 0.224 e. The number of benzene rings is 2. The van der Waals surface area contributed by atoms with Crippen LogP contribution in [0.4, 0.5) is 0 Å². The SMILES string of the molecule is Cc1ccc2c(CC(=O)NCCCn3ccc4ccccc43)coc2c1. The lowest BCUT2D eigenvalue weighted by molar-refractivity contribution is -0.120. The first-order chi connectivity index (χ1) is 12.7. The maximum absolute atomic E-state index is 12.2. The number of nitrogens with one attached hydrogen (secondary N) is 1. The van der Waals surface area contributed by atoms with Gasteiger partial charge >= 0.3 is 0 Å². The lowest BCUT2D eigenvalue weighted by atomic mass is 10.1. The fraction of sp³-hybridized carbons (Fsp3) is 0.227. The molecule has 0 atom stereocenters. The third kappa shape index (κ3) is 3.36. The van der Waals surface area contributed by atoms with Crippen LogP contribution < -0.4 is 5.32 Å². The quantitative estimate of drug-likeness (QED) is 0.525. The Morgan fingerprint density at radius 1 is 1.15 bits per heavy atom. The molecule has 0 fully saturated rings. The summed E-state index contributed by atoms with van der Waals surface area (Å²) in [6.07, 6.45) is 5.04. The highest BCUT2D eigenvalue weighted by Gasteiger charge is 2.10. The number of furan rings is 1. The fourth-order valence-corrected chi connectivity index (χ4v) is 3.38. The highest BCUT2D eigenvalue weighted by atomic mass is 16.3. The van der Waals surface area contributed by atoms with E-state index in [2.05, 4.69) is 40.3 Å². The first-order valence-electron chi connectivity index (χ1n) is 8.98. The molecule has 0 aliphatic heterocycles. The number of fused-ring (bicyclic) bond motifs is 2. The third-order valence-corrected chi connectivity index (χ3v) is 4.74. The Kier molecular flexibility index (Phi) is 4.48. The van der Waals surface area contributed by atoms with Crippen LogP contribution >= 0.6 is 0 Å². The summed E-state index contributed by atoms with van der Waals surface area (Å²) < 4.78 is 7.79. The first kappa shape index (κ1) is 16.5. The van der Waals surface area contributed by atoms with Gasteiger partial charge in [0.2, 0.25) is 5.91 Å². The molecular formula is C22H22N2O2. The van der Waals surface area contributed by atoms with Crippen molar-refractivity contribution in [2.75, 3.05) is 6.54 Å². The summed E-state index contributed by atoms with van der Waals surface area (Å²) in [6.45, 7) is 3.59. The van der Waals surface area contributed by atoms with E-state index in [4.69, 9.17) is 4.42 Å². The number of nitrogens with zero attached hydrogens (tertiary/aromatic N) is 1. The van der Waals surface area contributed by atoms with Crippen LogP contribution in [0.1, 0.15) is 17.5 Å². The summed E-state index contributed by atoms with van der Waals surface area (Å²) in [7, 11) is 0. The van der Waals surface area contributed by atoms with E-state index in [9.17, 15) is 4.79 Å². The number of hydrogen-bond acceptors (Lipinski definition) is 2. The second-order valence-corrected chi connectivity index (χ2v) is 6.71. The molecule has 4 nitrogen and oxygen atoms in total. The zero-order valence-corrected chi connectivity index (χ0v) is 14.9. The largest absolute Gasteiger partial charge is 0.464 e. The van der Waals surface area contributed by atoms with Gasteiger partial charge in [-0.15, -0.1) is 0 Å². The van der Waals surface area contributed by atoms with Crippen LogP contribution in [0, 0.1) is 6.92 Å². The average molecular weight is 346 g/mol. The van der Waals surface area contributed by atoms with Crippen LogP contribution in [0.2, 0.25) is 0 Å². The molecule has 0 spiro atoms. The number of aryl methyl sites for hydroxylation is 2. The number of amides is 1. The van der Waals surface area contributed by atoms with Crippen molar-refractivity contribution in [3.63, 3.8) is 0 Å². The van der Waals surface area contributed by atoms with Crippen molar-refractivity contribution in [3.8, 4) is 0 Å². The predicted molar refractivity (Wildman–Crippen MR) is 104 cm³/mol. The van der Waals surface area contributed by atoms with E-state index in [-0.39, 0.29) is 5.91 Å². The summed E-state index contributed by atoms with van der Waals surface area (Å²) >= 11 is 0. The Morgan fingerprint density at radius 3 is 2.96 bits per heavy atom. The molecule has 4 heteroatoms. The topological polar surface area (TPSA) is 47.2 Å². The zero-order chi connectivity index (χ0) is 17.9. The van der Waals surface area contributed by atoms with Crippen LogP contribution in [0.15, 0.2) is 65.4 Å². The van der Waals surface area contributed by atoms with Gasteiger partial charge in [-0.1, -0.05) is 30.3 Å². The summed E-state index contributed by atoms with van der Waals surface area (Å²) in [4.78, 5) is 12.2. The van der Waals surface area contributed by atoms with E-state index >= 15 is 0 Å². The molecule has 0 aliphatic carbocycles. The zero-order valence-electron chi connectivity index (χ0n) is 14.9. The van der Waals surface area contributed by atoms with Crippen LogP contribution in [0.25, 0.3) is 21.9 Å². The van der Waals surface area contributed by atoms with E-state index in [1.54, 1.807) is 6.26 Å². The Bertz CT molecular complexity index is 1060. The van der Waals surface area contributed by atoms with E-state index in [1.807, 2.05) is 31.2 Å². The Balaban J connectivity index is 1.30. The van der Waals surface area contributed by atoms with Gasteiger partial charge < -0.3 is 14.3 Å². The maximum atomic E-state index is 12.2. The molecule has 0 unspecified atom stereocenters. The van der Waals surface area contributed by atoms with E-state index in [0.29, 0.717) is 13.0 Å². The molecule has 2 aromatic heterocycles. The molecule has 0 bridgehead atoms. The van der Waals surface area contributed by atoms with Gasteiger partial charge in [-0.25, -0.2) is 0 Å². The molecule has 1 amide bonds. The number of rotatable bonds is 6. The highest BCUT2D eigenvalue weighted by molar-refractivity contribution is 5.87. The first-order valence-corrected chi connectivity index (χ1v) is 8.98. The molecule has 4 aromatic rings. The second kappa shape index (κ2) is 7.08. The number of carbonyl (C=O) groups is 1. The Hall–Kier alpha value is -3.01. The van der Waals surface area contributed by atoms with Crippen molar-refractivity contribution in [2.45, 2.75) is 26.3 Å². The third-order valence-electron chi connectivity index (χ3n) is 4.74. The number of aromatic nitrogens is 1. The number of hydrogen-bond donors (Lipinski definition) is 1. The van der Waals surface area contributed by atoms with Crippen molar-refractivity contribution in [2.24, 2.45) is 0 Å². The van der Waals surface area contributed by atoms with Gasteiger partial charge in [0.15, 0.2) is 0 Å². The highest BCUT2D eigenvalue weighted by Crippen LogP contribution is 2.22. The molecule has 0 saturated heterocycles. The smallest absolute Gasteiger partial charge is 0.224 e. The van der Waals surface area contributed by atoms with Crippen molar-refractivity contribution in [3.05, 3.63) is 72.1 Å². The van der Waals surface area contributed by atoms with Crippen molar-refractivity contribution < 1.29 is 9.21 Å². The Labute approximate surface area is 152 Å². The summed E-state index contributed by atoms with van der Waals surface area (Å²) in [5.41, 5.74) is 4.17. The van der Waals surface area contributed by atoms with Crippen molar-refractivity contribution >= 4 is 27.8 Å². The predicted octanol–water partition coefficient (Wildman–Crippen LogP) is 4.44. The van der Waals surface area contributed by atoms with Crippen molar-refractivity contribution in [1.82, 2.24) is 9.88 Å². The monoisotopic (exact) mass is 346 g/mol. The van der Waals surface area contributed by atoms with Gasteiger partial charge in [-0.05, 0) is 42.5 Å². The lowest BCUT2D eigenvalue weighted by Crippen LogP contribution is -2.26. The molecule has 0 radical (unpaired) electrons. The molecule has 0 saturated carbocycles. The van der Waals surface area contributed by atoms with Crippen LogP contribution in [-0.4, -0.2) is 17.0 Å². The van der Waals surface area contributed by atoms with Crippen LogP contribution in [0.5, 0.6) is 0 Å².